The first-order chi connectivity index (χ1) is 5.77. The maximum absolute atomic E-state index is 5.75. The topological polar surface area (TPSA) is 50.9 Å². The molecule has 2 rings (SSSR count). The van der Waals surface area contributed by atoms with Gasteiger partial charge in [0.15, 0.2) is 0 Å². The largest absolute Gasteiger partial charge is 0.397 e. The van der Waals surface area contributed by atoms with Crippen molar-refractivity contribution in [2.24, 2.45) is 0 Å². The van der Waals surface area contributed by atoms with E-state index in [0.717, 1.165) is 30.9 Å². The molecule has 12 heavy (non-hydrogen) atoms. The van der Waals surface area contributed by atoms with Crippen LogP contribution < -0.4 is 11.1 Å². The van der Waals surface area contributed by atoms with Crippen molar-refractivity contribution in [1.29, 1.82) is 0 Å². The minimum absolute atomic E-state index is 0.803. The van der Waals surface area contributed by atoms with E-state index in [-0.39, 0.29) is 0 Å². The average Bonchev–Trinajstić information content (AvgIpc) is 2.07. The molecule has 3 nitrogen and oxygen atoms in total. The molecule has 0 aromatic carbocycles. The van der Waals surface area contributed by atoms with Crippen molar-refractivity contribution in [2.45, 2.75) is 19.9 Å². The molecule has 0 unspecified atom stereocenters. The van der Waals surface area contributed by atoms with Crippen LogP contribution in [0.4, 0.5) is 5.69 Å². The normalized spacial score (nSPS) is 15.8. The molecule has 0 fully saturated rings. The van der Waals surface area contributed by atoms with Gasteiger partial charge in [0.1, 0.15) is 0 Å². The zero-order valence-electron chi connectivity index (χ0n) is 7.22. The third-order valence-electron chi connectivity index (χ3n) is 2.27. The van der Waals surface area contributed by atoms with Gasteiger partial charge in [-0.2, -0.15) is 0 Å². The van der Waals surface area contributed by atoms with E-state index < -0.39 is 0 Å². The number of nitrogen functional groups attached to an aromatic ring is 1. The lowest BCUT2D eigenvalue weighted by Crippen LogP contribution is -2.25. The van der Waals surface area contributed by atoms with Gasteiger partial charge in [-0.25, -0.2) is 0 Å². The first-order valence-corrected chi connectivity index (χ1v) is 4.23. The van der Waals surface area contributed by atoms with E-state index >= 15 is 0 Å². The zero-order chi connectivity index (χ0) is 8.55. The summed E-state index contributed by atoms with van der Waals surface area (Å²) in [6.07, 6.45) is 1.02. The third-order valence-corrected chi connectivity index (χ3v) is 2.27. The fourth-order valence-corrected chi connectivity index (χ4v) is 1.51. The van der Waals surface area contributed by atoms with Crippen molar-refractivity contribution < 1.29 is 0 Å². The van der Waals surface area contributed by atoms with E-state index in [1.165, 1.54) is 11.3 Å². The number of pyridine rings is 1. The monoisotopic (exact) mass is 163 g/mol. The Morgan fingerprint density at radius 1 is 1.58 bits per heavy atom. The van der Waals surface area contributed by atoms with E-state index in [9.17, 15) is 0 Å². The quantitative estimate of drug-likeness (QED) is 0.589. The van der Waals surface area contributed by atoms with Gasteiger partial charge >= 0.3 is 0 Å². The Bertz CT molecular complexity index is 276. The second-order valence-electron chi connectivity index (χ2n) is 3.20. The number of nitrogens with one attached hydrogen (secondary N) is 1. The molecular formula is C9H13N3. The molecule has 0 atom stereocenters. The molecule has 2 heterocycles. The molecule has 3 heteroatoms. The standard InChI is InChI=1S/C9H13N3/c1-6-8(10)4-7-5-11-3-2-9(7)12-6/h4,11H,2-3,5,10H2,1H3. The number of aromatic nitrogens is 1. The zero-order valence-corrected chi connectivity index (χ0v) is 7.22. The molecule has 0 saturated carbocycles. The predicted octanol–water partition coefficient (Wildman–Crippen LogP) is 0.618. The minimum atomic E-state index is 0.803. The van der Waals surface area contributed by atoms with E-state index in [4.69, 9.17) is 5.73 Å². The van der Waals surface area contributed by atoms with Gasteiger partial charge in [-0.3, -0.25) is 4.98 Å². The number of fused-ring (bicyclic) bond motifs is 1. The molecule has 1 aliphatic rings. The number of hydrogen-bond acceptors (Lipinski definition) is 3. The molecule has 3 N–H and O–H groups in total. The smallest absolute Gasteiger partial charge is 0.0605 e. The molecule has 1 aromatic heterocycles. The Hall–Kier alpha value is -1.09. The number of nitrogens with zero attached hydrogens (tertiary/aromatic N) is 1. The van der Waals surface area contributed by atoms with Crippen LogP contribution in [0.25, 0.3) is 0 Å². The van der Waals surface area contributed by atoms with Crippen LogP contribution in [-0.4, -0.2) is 11.5 Å². The lowest BCUT2D eigenvalue weighted by molar-refractivity contribution is 0.629. The van der Waals surface area contributed by atoms with E-state index in [2.05, 4.69) is 10.3 Å². The first kappa shape index (κ1) is 7.55. The number of hydrogen-bond donors (Lipinski definition) is 2. The molecule has 1 aromatic rings. The summed E-state index contributed by atoms with van der Waals surface area (Å²) < 4.78 is 0. The third kappa shape index (κ3) is 1.16. The highest BCUT2D eigenvalue weighted by Crippen LogP contribution is 2.17. The van der Waals surface area contributed by atoms with Crippen molar-refractivity contribution in [1.82, 2.24) is 10.3 Å². The van der Waals surface area contributed by atoms with Crippen molar-refractivity contribution in [3.63, 3.8) is 0 Å². The van der Waals surface area contributed by atoms with Crippen LogP contribution in [-0.2, 0) is 13.0 Å². The summed E-state index contributed by atoms with van der Waals surface area (Å²) in [5, 5.41) is 3.29. The maximum Gasteiger partial charge on any atom is 0.0605 e. The highest BCUT2D eigenvalue weighted by molar-refractivity contribution is 5.46. The van der Waals surface area contributed by atoms with Crippen molar-refractivity contribution in [3.05, 3.63) is 23.0 Å². The van der Waals surface area contributed by atoms with E-state index in [1.807, 2.05) is 13.0 Å². The van der Waals surface area contributed by atoms with Crippen molar-refractivity contribution >= 4 is 5.69 Å². The lowest BCUT2D eigenvalue weighted by atomic mass is 10.1. The summed E-state index contributed by atoms with van der Waals surface area (Å²) in [4.78, 5) is 4.45. The molecule has 0 spiro atoms. The molecule has 64 valence electrons. The summed E-state index contributed by atoms with van der Waals surface area (Å²) in [6, 6.07) is 2.03. The molecule has 0 radical (unpaired) electrons. The van der Waals surface area contributed by atoms with Gasteiger partial charge in [0.2, 0.25) is 0 Å². The molecule has 0 amide bonds. The number of rotatable bonds is 0. The highest BCUT2D eigenvalue weighted by Gasteiger charge is 2.10. The minimum Gasteiger partial charge on any atom is -0.397 e. The van der Waals surface area contributed by atoms with Crippen LogP contribution in [0.3, 0.4) is 0 Å². The molecule has 1 aliphatic heterocycles. The summed E-state index contributed by atoms with van der Waals surface area (Å²) in [5.41, 5.74) is 9.97. The highest BCUT2D eigenvalue weighted by atomic mass is 14.9. The Balaban J connectivity index is 2.49. The fourth-order valence-electron chi connectivity index (χ4n) is 1.51. The predicted molar refractivity (Wildman–Crippen MR) is 48.8 cm³/mol. The fraction of sp³-hybridized carbons (Fsp3) is 0.444. The number of aryl methyl sites for hydroxylation is 1. The van der Waals surface area contributed by atoms with Crippen molar-refractivity contribution in [3.8, 4) is 0 Å². The van der Waals surface area contributed by atoms with Gasteiger partial charge in [0, 0.05) is 25.2 Å². The van der Waals surface area contributed by atoms with Gasteiger partial charge in [-0.15, -0.1) is 0 Å². The van der Waals surface area contributed by atoms with Crippen LogP contribution >= 0.6 is 0 Å². The van der Waals surface area contributed by atoms with Gasteiger partial charge in [-0.1, -0.05) is 0 Å². The van der Waals surface area contributed by atoms with Crippen LogP contribution in [0.5, 0.6) is 0 Å². The Morgan fingerprint density at radius 2 is 2.42 bits per heavy atom. The Labute approximate surface area is 72.0 Å². The van der Waals surface area contributed by atoms with E-state index in [0.29, 0.717) is 0 Å². The number of nitrogens with two attached hydrogens (primary N) is 1. The maximum atomic E-state index is 5.75. The molecule has 0 aliphatic carbocycles. The van der Waals surface area contributed by atoms with Gasteiger partial charge < -0.3 is 11.1 Å². The Kier molecular flexibility index (Phi) is 1.73. The van der Waals surface area contributed by atoms with Crippen LogP contribution in [0, 0.1) is 6.92 Å². The Morgan fingerprint density at radius 3 is 3.25 bits per heavy atom. The van der Waals surface area contributed by atoms with Crippen LogP contribution in [0.15, 0.2) is 6.07 Å². The van der Waals surface area contributed by atoms with Gasteiger partial charge in [0.25, 0.3) is 0 Å². The van der Waals surface area contributed by atoms with Gasteiger partial charge in [0.05, 0.1) is 11.4 Å². The first-order valence-electron chi connectivity index (χ1n) is 4.23. The second kappa shape index (κ2) is 2.75. The van der Waals surface area contributed by atoms with Crippen LogP contribution in [0.2, 0.25) is 0 Å². The summed E-state index contributed by atoms with van der Waals surface area (Å²) in [5.74, 6) is 0. The SMILES string of the molecule is Cc1nc2c(cc1N)CNCC2. The lowest BCUT2D eigenvalue weighted by Gasteiger charge is -2.17. The molecule has 0 saturated heterocycles. The second-order valence-corrected chi connectivity index (χ2v) is 3.20. The van der Waals surface area contributed by atoms with E-state index in [1.54, 1.807) is 0 Å². The van der Waals surface area contributed by atoms with Gasteiger partial charge in [-0.05, 0) is 18.6 Å². The summed E-state index contributed by atoms with van der Waals surface area (Å²) in [6.45, 7) is 3.90. The molecule has 0 bridgehead atoms. The summed E-state index contributed by atoms with van der Waals surface area (Å²) in [7, 11) is 0. The number of anilines is 1. The van der Waals surface area contributed by atoms with Crippen LogP contribution in [0.1, 0.15) is 17.0 Å². The summed E-state index contributed by atoms with van der Waals surface area (Å²) >= 11 is 0. The van der Waals surface area contributed by atoms with Crippen molar-refractivity contribution in [2.75, 3.05) is 12.3 Å². The molecular weight excluding hydrogens is 150 g/mol. The average molecular weight is 163 g/mol.